The molecular weight excluding hydrogens is 568 g/mol. The van der Waals surface area contributed by atoms with Crippen LogP contribution in [-0.2, 0) is 33.3 Å². The van der Waals surface area contributed by atoms with Gasteiger partial charge in [0.05, 0.1) is 31.0 Å². The highest BCUT2D eigenvalue weighted by molar-refractivity contribution is 5.87. The molecule has 11 nitrogen and oxygen atoms in total. The molecule has 3 heterocycles. The Labute approximate surface area is 261 Å². The van der Waals surface area contributed by atoms with Gasteiger partial charge in [0.1, 0.15) is 29.5 Å². The molecule has 0 aliphatic carbocycles. The summed E-state index contributed by atoms with van der Waals surface area (Å²) in [4.78, 5) is 35.4. The lowest BCUT2D eigenvalue weighted by Crippen LogP contribution is -2.50. The van der Waals surface area contributed by atoms with Crippen molar-refractivity contribution in [2.24, 2.45) is 5.92 Å². The molecule has 3 aliphatic rings. The molecule has 0 aromatic heterocycles. The van der Waals surface area contributed by atoms with Gasteiger partial charge in [0.15, 0.2) is 0 Å². The molecule has 3 saturated heterocycles. The largest absolute Gasteiger partial charge is 0.459 e. The summed E-state index contributed by atoms with van der Waals surface area (Å²) in [7, 11) is 0. The lowest BCUT2D eigenvalue weighted by molar-refractivity contribution is -0.143. The van der Waals surface area contributed by atoms with Crippen LogP contribution in [0.25, 0.3) is 0 Å². The number of alkyl carbamates (subject to hydrolysis) is 1. The summed E-state index contributed by atoms with van der Waals surface area (Å²) in [6.07, 6.45) is 8.97. The fraction of sp³-hybridized carbons (Fsp3) is 0.727. The van der Waals surface area contributed by atoms with Gasteiger partial charge in [-0.3, -0.25) is 9.59 Å². The fourth-order valence-electron chi connectivity index (χ4n) is 5.59. The van der Waals surface area contributed by atoms with Crippen LogP contribution in [0.4, 0.5) is 4.79 Å². The van der Waals surface area contributed by atoms with Crippen LogP contribution in [-0.4, -0.2) is 90.1 Å². The predicted octanol–water partition coefficient (Wildman–Crippen LogP) is 3.89. The minimum Gasteiger partial charge on any atom is -0.459 e. The fourth-order valence-corrected chi connectivity index (χ4v) is 5.59. The van der Waals surface area contributed by atoms with E-state index in [9.17, 15) is 19.5 Å². The van der Waals surface area contributed by atoms with Gasteiger partial charge in [-0.1, -0.05) is 30.7 Å². The number of carbonyl (C=O) groups is 3. The molecule has 3 N–H and O–H groups in total. The van der Waals surface area contributed by atoms with E-state index in [1.165, 1.54) is 13.0 Å². The van der Waals surface area contributed by atoms with E-state index in [0.29, 0.717) is 32.4 Å². The second-order valence-corrected chi connectivity index (χ2v) is 13.4. The maximum absolute atomic E-state index is 12.4. The van der Waals surface area contributed by atoms with Gasteiger partial charge >= 0.3 is 12.1 Å². The third kappa shape index (κ3) is 11.3. The van der Waals surface area contributed by atoms with E-state index >= 15 is 0 Å². The molecule has 0 bridgehead atoms. The average Bonchev–Trinajstić information content (AvgIpc) is 3.68. The zero-order valence-electron chi connectivity index (χ0n) is 27.5. The Morgan fingerprint density at radius 1 is 1.14 bits per heavy atom. The van der Waals surface area contributed by atoms with Crippen molar-refractivity contribution in [2.75, 3.05) is 13.2 Å². The van der Waals surface area contributed by atoms with E-state index < -0.39 is 41.6 Å². The number of nitrogens with one attached hydrogen (secondary N) is 2. The number of epoxide rings is 1. The molecule has 44 heavy (non-hydrogen) atoms. The summed E-state index contributed by atoms with van der Waals surface area (Å²) in [5, 5.41) is 16.7. The van der Waals surface area contributed by atoms with Crippen molar-refractivity contribution in [3.63, 3.8) is 0 Å². The van der Waals surface area contributed by atoms with Crippen LogP contribution < -0.4 is 10.6 Å². The van der Waals surface area contributed by atoms with Crippen molar-refractivity contribution < 1.29 is 43.2 Å². The number of hydrogen-bond donors (Lipinski definition) is 3. The number of amides is 2. The van der Waals surface area contributed by atoms with Crippen LogP contribution >= 0.6 is 0 Å². The van der Waals surface area contributed by atoms with E-state index in [2.05, 4.69) is 23.6 Å². The Bertz CT molecular complexity index is 1090. The second kappa shape index (κ2) is 15.5. The maximum Gasteiger partial charge on any atom is 0.407 e. The first kappa shape index (κ1) is 35.7. The number of esters is 1. The SMILES string of the molecule is CC(=O)O[C@@H](C)/C=C\C(=O)N[C@@H]1C[C@H](C)[C@H](C/C=C(C)/C=C/[C@H]2O[C@H](CCNC(=O)OC(C)(C)C)C[C@@]3(CO3)[C@@H]2O)O[C@@H]1C. The highest BCUT2D eigenvalue weighted by atomic mass is 16.6. The van der Waals surface area contributed by atoms with E-state index in [1.807, 2.05) is 46.8 Å². The number of ether oxygens (including phenoxy) is 5. The predicted molar refractivity (Wildman–Crippen MR) is 165 cm³/mol. The Morgan fingerprint density at radius 3 is 2.48 bits per heavy atom. The summed E-state index contributed by atoms with van der Waals surface area (Å²) in [5.41, 5.74) is -0.134. The first-order valence-corrected chi connectivity index (χ1v) is 15.7. The third-order valence-corrected chi connectivity index (χ3v) is 8.06. The van der Waals surface area contributed by atoms with Gasteiger partial charge in [-0.15, -0.1) is 0 Å². The summed E-state index contributed by atoms with van der Waals surface area (Å²) < 4.78 is 28.5. The molecule has 0 unspecified atom stereocenters. The lowest BCUT2D eigenvalue weighted by atomic mass is 9.87. The topological polar surface area (TPSA) is 145 Å². The molecule has 0 aromatic rings. The van der Waals surface area contributed by atoms with Gasteiger partial charge in [0, 0.05) is 26.0 Å². The van der Waals surface area contributed by atoms with Crippen molar-refractivity contribution in [3.05, 3.63) is 36.0 Å². The standard InChI is InChI=1S/C33H52N2O9/c1-20(9-12-27-21(2)17-26(23(4)42-27)35-29(37)14-11-22(3)41-24(5)36)10-13-28-30(38)33(19-40-33)18-25(43-28)15-16-34-31(39)44-32(6,7)8/h9-11,13-14,21-23,25-28,30,38H,12,15-19H2,1-8H3,(H,34,39)(H,35,37)/b13-10+,14-11-,20-9+/t21-,22-,23+,25+,26+,27-,28+,30+,33+/m0/s1. The Morgan fingerprint density at radius 2 is 1.84 bits per heavy atom. The van der Waals surface area contributed by atoms with Crippen LogP contribution in [0.3, 0.4) is 0 Å². The number of allylic oxidation sites excluding steroid dienone is 2. The molecule has 248 valence electrons. The minimum absolute atomic E-state index is 0.00235. The van der Waals surface area contributed by atoms with Crippen LogP contribution in [0, 0.1) is 5.92 Å². The summed E-state index contributed by atoms with van der Waals surface area (Å²) >= 11 is 0. The Hall–Kier alpha value is -2.73. The minimum atomic E-state index is -0.768. The van der Waals surface area contributed by atoms with Gasteiger partial charge in [0.25, 0.3) is 0 Å². The zero-order chi connectivity index (χ0) is 32.7. The molecule has 3 fully saturated rings. The molecule has 3 aliphatic heterocycles. The molecule has 0 aromatic carbocycles. The van der Waals surface area contributed by atoms with Crippen molar-refractivity contribution in [2.45, 2.75) is 135 Å². The number of hydrogen-bond acceptors (Lipinski definition) is 9. The molecule has 11 heteroatoms. The maximum atomic E-state index is 12.4. The van der Waals surface area contributed by atoms with Crippen LogP contribution in [0.15, 0.2) is 36.0 Å². The van der Waals surface area contributed by atoms with E-state index in [4.69, 9.17) is 23.7 Å². The lowest BCUT2D eigenvalue weighted by Gasteiger charge is -2.39. The van der Waals surface area contributed by atoms with Gasteiger partial charge in [0.2, 0.25) is 5.91 Å². The van der Waals surface area contributed by atoms with Crippen LogP contribution in [0.1, 0.15) is 81.1 Å². The van der Waals surface area contributed by atoms with Gasteiger partial charge < -0.3 is 39.4 Å². The molecule has 0 saturated carbocycles. The summed E-state index contributed by atoms with van der Waals surface area (Å²) in [6.45, 7) is 15.5. The van der Waals surface area contributed by atoms with E-state index in [1.54, 1.807) is 13.0 Å². The van der Waals surface area contributed by atoms with Crippen molar-refractivity contribution in [1.29, 1.82) is 0 Å². The molecular formula is C33H52N2O9. The molecule has 2 amide bonds. The van der Waals surface area contributed by atoms with Crippen molar-refractivity contribution in [1.82, 2.24) is 10.6 Å². The van der Waals surface area contributed by atoms with Crippen LogP contribution in [0.5, 0.6) is 0 Å². The number of aliphatic hydroxyl groups is 1. The molecule has 3 rings (SSSR count). The van der Waals surface area contributed by atoms with E-state index in [0.717, 1.165) is 12.0 Å². The highest BCUT2D eigenvalue weighted by Gasteiger charge is 2.58. The first-order valence-electron chi connectivity index (χ1n) is 15.7. The summed E-state index contributed by atoms with van der Waals surface area (Å²) in [5.74, 6) is -0.422. The number of carbonyl (C=O) groups excluding carboxylic acids is 3. The normalized spacial score (nSPS) is 33.3. The van der Waals surface area contributed by atoms with Gasteiger partial charge in [-0.2, -0.15) is 0 Å². The smallest absolute Gasteiger partial charge is 0.407 e. The monoisotopic (exact) mass is 620 g/mol. The van der Waals surface area contributed by atoms with Gasteiger partial charge in [-0.05, 0) is 72.8 Å². The highest BCUT2D eigenvalue weighted by Crippen LogP contribution is 2.43. The van der Waals surface area contributed by atoms with Crippen molar-refractivity contribution in [3.8, 4) is 0 Å². The Kier molecular flexibility index (Phi) is 12.6. The second-order valence-electron chi connectivity index (χ2n) is 13.4. The zero-order valence-corrected chi connectivity index (χ0v) is 27.5. The average molecular weight is 621 g/mol. The molecule has 0 radical (unpaired) electrons. The number of aliphatic hydroxyl groups excluding tert-OH is 1. The van der Waals surface area contributed by atoms with Gasteiger partial charge in [-0.25, -0.2) is 4.79 Å². The third-order valence-electron chi connectivity index (χ3n) is 8.06. The van der Waals surface area contributed by atoms with Crippen LogP contribution in [0.2, 0.25) is 0 Å². The van der Waals surface area contributed by atoms with Crippen molar-refractivity contribution >= 4 is 18.0 Å². The molecule has 1 spiro atoms. The summed E-state index contributed by atoms with van der Waals surface area (Å²) in [6, 6.07) is -0.124. The molecule has 9 atom stereocenters. The first-order chi connectivity index (χ1) is 20.6. The van der Waals surface area contributed by atoms with E-state index in [-0.39, 0.29) is 36.2 Å². The quantitative estimate of drug-likeness (QED) is 0.136. The number of rotatable bonds is 11. The Balaban J connectivity index is 1.48.